The van der Waals surface area contributed by atoms with E-state index in [-0.39, 0.29) is 0 Å². The number of nitrogens with two attached hydrogens (primary N) is 1. The third-order valence-corrected chi connectivity index (χ3v) is 2.46. The molecule has 0 saturated carbocycles. The van der Waals surface area contributed by atoms with Crippen molar-refractivity contribution in [2.45, 2.75) is 19.8 Å². The van der Waals surface area contributed by atoms with Gasteiger partial charge >= 0.3 is 0 Å². The maximum absolute atomic E-state index is 5.51. The first-order valence-electron chi connectivity index (χ1n) is 5.31. The molecular weight excluding hydrogens is 186 g/mol. The molecule has 0 fully saturated rings. The molecule has 2 N–H and O–H groups in total. The van der Waals surface area contributed by atoms with Crippen molar-refractivity contribution in [3.63, 3.8) is 0 Å². The zero-order valence-corrected chi connectivity index (χ0v) is 9.49. The normalized spacial score (nSPS) is 11.5. The lowest BCUT2D eigenvalue weighted by molar-refractivity contribution is 0.415. The molecule has 0 saturated heterocycles. The molecule has 0 aliphatic carbocycles. The fourth-order valence-electron chi connectivity index (χ4n) is 1.55. The van der Waals surface area contributed by atoms with E-state index in [4.69, 9.17) is 10.5 Å². The maximum Gasteiger partial charge on any atom is 0.118 e. The van der Waals surface area contributed by atoms with Gasteiger partial charge in [0, 0.05) is 0 Å². The second kappa shape index (κ2) is 6.25. The molecule has 82 valence electrons. The first-order valence-corrected chi connectivity index (χ1v) is 5.31. The lowest BCUT2D eigenvalue weighted by Crippen LogP contribution is -1.98. The zero-order valence-electron chi connectivity index (χ0n) is 9.49. The van der Waals surface area contributed by atoms with Gasteiger partial charge in [-0.1, -0.05) is 18.2 Å². The van der Waals surface area contributed by atoms with E-state index >= 15 is 0 Å². The Balaban J connectivity index is 2.75. The van der Waals surface area contributed by atoms with Crippen LogP contribution in [0.15, 0.2) is 30.3 Å². The average molecular weight is 205 g/mol. The van der Waals surface area contributed by atoms with Crippen LogP contribution in [0.3, 0.4) is 0 Å². The van der Waals surface area contributed by atoms with Crippen molar-refractivity contribution in [3.8, 4) is 5.75 Å². The Morgan fingerprint density at radius 1 is 1.33 bits per heavy atom. The van der Waals surface area contributed by atoms with Gasteiger partial charge in [0.15, 0.2) is 0 Å². The molecule has 0 aromatic heterocycles. The number of ether oxygens (including phenoxy) is 1. The molecule has 0 aliphatic rings. The summed E-state index contributed by atoms with van der Waals surface area (Å²) in [6.07, 6.45) is 4.22. The number of hydrogen-bond donors (Lipinski definition) is 1. The number of methoxy groups -OCH3 is 1. The molecule has 0 spiro atoms. The highest BCUT2D eigenvalue weighted by Crippen LogP contribution is 2.22. The van der Waals surface area contributed by atoms with Gasteiger partial charge in [0.2, 0.25) is 0 Å². The minimum atomic E-state index is 0.744. The molecule has 0 atom stereocenters. The Morgan fingerprint density at radius 3 is 2.47 bits per heavy atom. The molecule has 1 rings (SSSR count). The van der Waals surface area contributed by atoms with Crippen LogP contribution in [-0.2, 0) is 0 Å². The Bertz CT molecular complexity index is 314. The predicted molar refractivity (Wildman–Crippen MR) is 64.9 cm³/mol. The average Bonchev–Trinajstić information content (AvgIpc) is 2.31. The van der Waals surface area contributed by atoms with Gasteiger partial charge in [-0.2, -0.15) is 0 Å². The topological polar surface area (TPSA) is 35.2 Å². The molecular formula is C13H19NO. The number of benzene rings is 1. The molecule has 0 heterocycles. The summed E-state index contributed by atoms with van der Waals surface area (Å²) in [5.41, 5.74) is 8.11. The van der Waals surface area contributed by atoms with Crippen LogP contribution in [0.2, 0.25) is 0 Å². The Hall–Kier alpha value is -1.28. The Labute approximate surface area is 91.7 Å². The molecule has 15 heavy (non-hydrogen) atoms. The molecule has 0 amide bonds. The molecule has 1 aromatic rings. The van der Waals surface area contributed by atoms with Crippen LogP contribution in [0.25, 0.3) is 5.57 Å². The van der Waals surface area contributed by atoms with E-state index in [1.807, 2.05) is 12.1 Å². The van der Waals surface area contributed by atoms with Crippen LogP contribution >= 0.6 is 0 Å². The number of hydrogen-bond acceptors (Lipinski definition) is 2. The minimum Gasteiger partial charge on any atom is -0.497 e. The van der Waals surface area contributed by atoms with Crippen molar-refractivity contribution < 1.29 is 4.74 Å². The monoisotopic (exact) mass is 205 g/mol. The first kappa shape index (κ1) is 11.8. The smallest absolute Gasteiger partial charge is 0.118 e. The van der Waals surface area contributed by atoms with Crippen molar-refractivity contribution in [1.82, 2.24) is 0 Å². The van der Waals surface area contributed by atoms with Gasteiger partial charge in [-0.15, -0.1) is 0 Å². The van der Waals surface area contributed by atoms with Crippen molar-refractivity contribution in [3.05, 3.63) is 35.9 Å². The maximum atomic E-state index is 5.51. The molecule has 0 radical (unpaired) electrons. The van der Waals surface area contributed by atoms with Crippen LogP contribution in [0, 0.1) is 0 Å². The summed E-state index contributed by atoms with van der Waals surface area (Å²) in [4.78, 5) is 0. The van der Waals surface area contributed by atoms with Crippen LogP contribution in [0.1, 0.15) is 25.3 Å². The fraction of sp³-hybridized carbons (Fsp3) is 0.385. The summed E-state index contributed by atoms with van der Waals surface area (Å²) in [6.45, 7) is 2.81. The summed E-state index contributed by atoms with van der Waals surface area (Å²) in [7, 11) is 1.68. The Kier molecular flexibility index (Phi) is 4.91. The number of allylic oxidation sites excluding steroid dienone is 2. The first-order chi connectivity index (χ1) is 7.31. The van der Waals surface area contributed by atoms with E-state index in [2.05, 4.69) is 25.1 Å². The summed E-state index contributed by atoms with van der Waals surface area (Å²) in [5.74, 6) is 0.896. The summed E-state index contributed by atoms with van der Waals surface area (Å²) >= 11 is 0. The van der Waals surface area contributed by atoms with Crippen LogP contribution in [-0.4, -0.2) is 13.7 Å². The van der Waals surface area contributed by atoms with Gasteiger partial charge in [-0.05, 0) is 49.6 Å². The second-order valence-electron chi connectivity index (χ2n) is 3.43. The van der Waals surface area contributed by atoms with Crippen LogP contribution < -0.4 is 10.5 Å². The van der Waals surface area contributed by atoms with Gasteiger partial charge in [0.05, 0.1) is 7.11 Å². The molecule has 0 unspecified atom stereocenters. The van der Waals surface area contributed by atoms with E-state index in [0.717, 1.165) is 25.1 Å². The largest absolute Gasteiger partial charge is 0.497 e. The molecule has 2 heteroatoms. The third-order valence-electron chi connectivity index (χ3n) is 2.46. The van der Waals surface area contributed by atoms with E-state index in [1.165, 1.54) is 11.1 Å². The van der Waals surface area contributed by atoms with Crippen LogP contribution in [0.4, 0.5) is 0 Å². The highest BCUT2D eigenvalue weighted by molar-refractivity contribution is 5.65. The summed E-state index contributed by atoms with van der Waals surface area (Å²) in [5, 5.41) is 0. The number of rotatable bonds is 5. The molecule has 1 aromatic carbocycles. The van der Waals surface area contributed by atoms with Gasteiger partial charge in [0.25, 0.3) is 0 Å². The lowest BCUT2D eigenvalue weighted by Gasteiger charge is -2.07. The van der Waals surface area contributed by atoms with Crippen molar-refractivity contribution in [2.24, 2.45) is 5.73 Å². The predicted octanol–water partition coefficient (Wildman–Crippen LogP) is 2.84. The molecule has 0 aliphatic heterocycles. The summed E-state index contributed by atoms with van der Waals surface area (Å²) in [6, 6.07) is 8.15. The second-order valence-corrected chi connectivity index (χ2v) is 3.43. The third kappa shape index (κ3) is 3.40. The highest BCUT2D eigenvalue weighted by atomic mass is 16.5. The molecule has 2 nitrogen and oxygen atoms in total. The standard InChI is InChI=1S/C13H19NO/c1-3-11(5-4-10-14)12-6-8-13(15-2)9-7-12/h3,6-9H,4-5,10,14H2,1-2H3/b11-3-. The van der Waals surface area contributed by atoms with E-state index in [0.29, 0.717) is 0 Å². The lowest BCUT2D eigenvalue weighted by atomic mass is 10.0. The van der Waals surface area contributed by atoms with E-state index < -0.39 is 0 Å². The fourth-order valence-corrected chi connectivity index (χ4v) is 1.55. The quantitative estimate of drug-likeness (QED) is 0.802. The Morgan fingerprint density at radius 2 is 2.00 bits per heavy atom. The van der Waals surface area contributed by atoms with Gasteiger partial charge in [-0.3, -0.25) is 0 Å². The SMILES string of the molecule is C/C=C(/CCCN)c1ccc(OC)cc1. The van der Waals surface area contributed by atoms with Gasteiger partial charge in [-0.25, -0.2) is 0 Å². The van der Waals surface area contributed by atoms with Crippen molar-refractivity contribution in [1.29, 1.82) is 0 Å². The molecule has 0 bridgehead atoms. The van der Waals surface area contributed by atoms with Gasteiger partial charge in [0.1, 0.15) is 5.75 Å². The van der Waals surface area contributed by atoms with Gasteiger partial charge < -0.3 is 10.5 Å². The van der Waals surface area contributed by atoms with E-state index in [9.17, 15) is 0 Å². The van der Waals surface area contributed by atoms with E-state index in [1.54, 1.807) is 7.11 Å². The summed E-state index contributed by atoms with van der Waals surface area (Å²) < 4.78 is 5.12. The van der Waals surface area contributed by atoms with Crippen molar-refractivity contribution >= 4 is 5.57 Å². The minimum absolute atomic E-state index is 0.744. The highest BCUT2D eigenvalue weighted by Gasteiger charge is 2.00. The van der Waals surface area contributed by atoms with Crippen LogP contribution in [0.5, 0.6) is 5.75 Å². The zero-order chi connectivity index (χ0) is 11.1. The van der Waals surface area contributed by atoms with Crippen molar-refractivity contribution in [2.75, 3.05) is 13.7 Å².